The molecule has 1 unspecified atom stereocenters. The van der Waals surface area contributed by atoms with Crippen LogP contribution in [0, 0.1) is 12.7 Å². The summed E-state index contributed by atoms with van der Waals surface area (Å²) < 4.78 is 18.2. The van der Waals surface area contributed by atoms with Gasteiger partial charge >= 0.3 is 6.03 Å². The normalized spacial score (nSPS) is 11.7. The molecule has 0 saturated carbocycles. The molecule has 0 spiro atoms. The molecule has 0 aliphatic carbocycles. The number of carbonyl (C=O) groups excluding carboxylic acids is 2. The van der Waals surface area contributed by atoms with Crippen LogP contribution in [0.25, 0.3) is 0 Å². The van der Waals surface area contributed by atoms with E-state index < -0.39 is 23.9 Å². The fourth-order valence-corrected chi connectivity index (χ4v) is 1.17. The molecule has 1 aromatic carbocycles. The van der Waals surface area contributed by atoms with Gasteiger partial charge in [0.05, 0.1) is 0 Å². The van der Waals surface area contributed by atoms with Crippen molar-refractivity contribution in [3.8, 4) is 5.75 Å². The van der Waals surface area contributed by atoms with E-state index in [0.717, 1.165) is 0 Å². The third-order valence-electron chi connectivity index (χ3n) is 2.07. The zero-order valence-electron chi connectivity index (χ0n) is 9.49. The summed E-state index contributed by atoms with van der Waals surface area (Å²) in [6.45, 7) is 3.15. The lowest BCUT2D eigenvalue weighted by atomic mass is 10.2. The van der Waals surface area contributed by atoms with Crippen LogP contribution in [0.15, 0.2) is 18.2 Å². The number of hydrogen-bond donors (Lipinski definition) is 2. The molecule has 0 heterocycles. The van der Waals surface area contributed by atoms with E-state index >= 15 is 0 Å². The molecule has 0 aliphatic heterocycles. The van der Waals surface area contributed by atoms with Crippen molar-refractivity contribution in [2.75, 3.05) is 0 Å². The van der Waals surface area contributed by atoms with E-state index in [4.69, 9.17) is 10.5 Å². The Bertz CT molecular complexity index is 448. The zero-order valence-corrected chi connectivity index (χ0v) is 9.49. The molecule has 3 amide bonds. The molecule has 3 N–H and O–H groups in total. The van der Waals surface area contributed by atoms with Gasteiger partial charge in [0, 0.05) is 6.07 Å². The van der Waals surface area contributed by atoms with Gasteiger partial charge in [0.15, 0.2) is 6.10 Å². The predicted octanol–water partition coefficient (Wildman–Crippen LogP) is 1.10. The number of urea groups is 1. The maximum Gasteiger partial charge on any atom is 0.318 e. The van der Waals surface area contributed by atoms with Gasteiger partial charge in [0.1, 0.15) is 11.6 Å². The number of hydrogen-bond acceptors (Lipinski definition) is 3. The number of benzene rings is 1. The van der Waals surface area contributed by atoms with Crippen molar-refractivity contribution in [2.45, 2.75) is 20.0 Å². The summed E-state index contributed by atoms with van der Waals surface area (Å²) in [4.78, 5) is 21.8. The molecule has 0 bridgehead atoms. The Hall–Kier alpha value is -2.11. The largest absolute Gasteiger partial charge is 0.481 e. The van der Waals surface area contributed by atoms with Crippen LogP contribution in [0.5, 0.6) is 5.75 Å². The topological polar surface area (TPSA) is 81.4 Å². The Labute approximate surface area is 97.7 Å². The lowest BCUT2D eigenvalue weighted by molar-refractivity contribution is -0.126. The van der Waals surface area contributed by atoms with E-state index in [0.29, 0.717) is 5.56 Å². The third kappa shape index (κ3) is 3.75. The van der Waals surface area contributed by atoms with Gasteiger partial charge in [-0.15, -0.1) is 0 Å². The molecule has 0 aliphatic rings. The summed E-state index contributed by atoms with van der Waals surface area (Å²) in [5.74, 6) is -0.897. The van der Waals surface area contributed by atoms with Crippen molar-refractivity contribution in [1.29, 1.82) is 0 Å². The molecule has 1 rings (SSSR count). The molecule has 5 nitrogen and oxygen atoms in total. The first kappa shape index (κ1) is 13.0. The number of aryl methyl sites for hydroxylation is 1. The predicted molar refractivity (Wildman–Crippen MR) is 59.0 cm³/mol. The van der Waals surface area contributed by atoms with Crippen molar-refractivity contribution in [3.05, 3.63) is 29.6 Å². The van der Waals surface area contributed by atoms with Crippen molar-refractivity contribution in [1.82, 2.24) is 5.32 Å². The van der Waals surface area contributed by atoms with Crippen LogP contribution in [0.2, 0.25) is 0 Å². The Morgan fingerprint density at radius 1 is 1.47 bits per heavy atom. The van der Waals surface area contributed by atoms with Gasteiger partial charge in [-0.05, 0) is 25.5 Å². The summed E-state index contributed by atoms with van der Waals surface area (Å²) in [5, 5.41) is 1.88. The SMILES string of the molecule is Cc1ccc(F)cc1OC(C)C(=O)NC(N)=O. The first-order chi connectivity index (χ1) is 7.90. The molecule has 1 atom stereocenters. The molecule has 0 saturated heterocycles. The van der Waals surface area contributed by atoms with Gasteiger partial charge in [0.2, 0.25) is 0 Å². The van der Waals surface area contributed by atoms with Crippen LogP contribution in [0.1, 0.15) is 12.5 Å². The summed E-state index contributed by atoms with van der Waals surface area (Å²) in [6.07, 6.45) is -0.942. The Kier molecular flexibility index (Phi) is 4.03. The fraction of sp³-hybridized carbons (Fsp3) is 0.273. The highest BCUT2D eigenvalue weighted by Gasteiger charge is 2.17. The molecular formula is C11H13FN2O3. The van der Waals surface area contributed by atoms with Crippen molar-refractivity contribution in [2.24, 2.45) is 5.73 Å². The highest BCUT2D eigenvalue weighted by Crippen LogP contribution is 2.19. The molecule has 0 radical (unpaired) electrons. The smallest absolute Gasteiger partial charge is 0.318 e. The molecule has 17 heavy (non-hydrogen) atoms. The van der Waals surface area contributed by atoms with Crippen molar-refractivity contribution >= 4 is 11.9 Å². The Morgan fingerprint density at radius 3 is 2.71 bits per heavy atom. The Morgan fingerprint density at radius 2 is 2.12 bits per heavy atom. The standard InChI is InChI=1S/C11H13FN2O3/c1-6-3-4-8(12)5-9(6)17-7(2)10(15)14-11(13)16/h3-5,7H,1-2H3,(H3,13,14,15,16). The molecule has 0 fully saturated rings. The fourth-order valence-electron chi connectivity index (χ4n) is 1.17. The number of primary amides is 1. The summed E-state index contributed by atoms with van der Waals surface area (Å²) in [7, 11) is 0. The quantitative estimate of drug-likeness (QED) is 0.829. The van der Waals surface area contributed by atoms with Crippen LogP contribution < -0.4 is 15.8 Å². The number of amides is 3. The molecular weight excluding hydrogens is 227 g/mol. The van der Waals surface area contributed by atoms with Crippen LogP contribution in [0.4, 0.5) is 9.18 Å². The maximum atomic E-state index is 13.0. The van der Waals surface area contributed by atoms with Crippen molar-refractivity contribution in [3.63, 3.8) is 0 Å². The number of carbonyl (C=O) groups is 2. The zero-order chi connectivity index (χ0) is 13.0. The molecule has 0 aromatic heterocycles. The average Bonchev–Trinajstić information content (AvgIpc) is 2.22. The number of halogens is 1. The lowest BCUT2D eigenvalue weighted by Crippen LogP contribution is -2.42. The van der Waals surface area contributed by atoms with Gasteiger partial charge < -0.3 is 10.5 Å². The van der Waals surface area contributed by atoms with Gasteiger partial charge in [-0.3, -0.25) is 10.1 Å². The number of ether oxygens (including phenoxy) is 1. The monoisotopic (exact) mass is 240 g/mol. The first-order valence-corrected chi connectivity index (χ1v) is 4.93. The van der Waals surface area contributed by atoms with Crippen molar-refractivity contribution < 1.29 is 18.7 Å². The van der Waals surface area contributed by atoms with E-state index in [2.05, 4.69) is 0 Å². The second kappa shape index (κ2) is 5.29. The van der Waals surface area contributed by atoms with E-state index in [-0.39, 0.29) is 5.75 Å². The van der Waals surface area contributed by atoms with E-state index in [1.165, 1.54) is 25.1 Å². The number of nitrogens with two attached hydrogens (primary N) is 1. The minimum absolute atomic E-state index is 0.247. The van der Waals surface area contributed by atoms with Crippen LogP contribution in [-0.4, -0.2) is 18.0 Å². The van der Waals surface area contributed by atoms with E-state index in [1.54, 1.807) is 6.92 Å². The summed E-state index contributed by atoms with van der Waals surface area (Å²) >= 11 is 0. The van der Waals surface area contributed by atoms with Gasteiger partial charge in [0.25, 0.3) is 5.91 Å². The average molecular weight is 240 g/mol. The number of rotatable bonds is 3. The number of imide groups is 1. The number of nitrogens with one attached hydrogen (secondary N) is 1. The maximum absolute atomic E-state index is 13.0. The van der Waals surface area contributed by atoms with Gasteiger partial charge in [-0.25, -0.2) is 9.18 Å². The molecule has 1 aromatic rings. The Balaban J connectivity index is 2.73. The lowest BCUT2D eigenvalue weighted by Gasteiger charge is -2.15. The highest BCUT2D eigenvalue weighted by atomic mass is 19.1. The van der Waals surface area contributed by atoms with Gasteiger partial charge in [-0.2, -0.15) is 0 Å². The minimum Gasteiger partial charge on any atom is -0.481 e. The summed E-state index contributed by atoms with van der Waals surface area (Å²) in [5.41, 5.74) is 5.48. The first-order valence-electron chi connectivity index (χ1n) is 4.93. The second-order valence-corrected chi connectivity index (χ2v) is 3.52. The van der Waals surface area contributed by atoms with Crippen LogP contribution in [-0.2, 0) is 4.79 Å². The van der Waals surface area contributed by atoms with E-state index in [9.17, 15) is 14.0 Å². The van der Waals surface area contributed by atoms with Crippen LogP contribution in [0.3, 0.4) is 0 Å². The molecule has 6 heteroatoms. The third-order valence-corrected chi connectivity index (χ3v) is 2.07. The highest BCUT2D eigenvalue weighted by molar-refractivity contribution is 5.95. The minimum atomic E-state index is -0.957. The molecule has 92 valence electrons. The second-order valence-electron chi connectivity index (χ2n) is 3.52. The van der Waals surface area contributed by atoms with Gasteiger partial charge in [-0.1, -0.05) is 6.07 Å². The van der Waals surface area contributed by atoms with E-state index in [1.807, 2.05) is 5.32 Å². The van der Waals surface area contributed by atoms with Crippen LogP contribution >= 0.6 is 0 Å². The summed E-state index contributed by atoms with van der Waals surface area (Å²) in [6, 6.07) is 3.03.